The maximum atomic E-state index is 13.8. The van der Waals surface area contributed by atoms with Gasteiger partial charge in [-0.2, -0.15) is 0 Å². The molecule has 1 fully saturated rings. The van der Waals surface area contributed by atoms with Gasteiger partial charge in [-0.05, 0) is 50.7 Å². The number of hydrogen-bond acceptors (Lipinski definition) is 6. The maximum Gasteiger partial charge on any atom is 0.305 e. The van der Waals surface area contributed by atoms with E-state index < -0.39 is 11.7 Å². The van der Waals surface area contributed by atoms with Crippen LogP contribution in [0.2, 0.25) is 0 Å². The Morgan fingerprint density at radius 1 is 1.34 bits per heavy atom. The molecule has 0 aliphatic heterocycles. The highest BCUT2D eigenvalue weighted by Gasteiger charge is 2.38. The van der Waals surface area contributed by atoms with Gasteiger partial charge in [0, 0.05) is 24.7 Å². The van der Waals surface area contributed by atoms with Crippen LogP contribution in [0, 0.1) is 17.7 Å². The molecule has 1 aliphatic carbocycles. The average Bonchev–Trinajstić information content (AvgIpc) is 3.08. The molecule has 1 aromatic carbocycles. The molecule has 176 valence electrons. The molecule has 1 unspecified atom stereocenters. The minimum atomic E-state index is -1.18. The van der Waals surface area contributed by atoms with Gasteiger partial charge in [0.15, 0.2) is 0 Å². The number of aliphatic hydroxyl groups excluding tert-OH is 1. The molecule has 0 heterocycles. The number of halogens is 1. The summed E-state index contributed by atoms with van der Waals surface area (Å²) in [5.41, 5.74) is -0.155. The van der Waals surface area contributed by atoms with Crippen molar-refractivity contribution in [3.05, 3.63) is 60.0 Å². The van der Waals surface area contributed by atoms with Gasteiger partial charge in [0.25, 0.3) is 0 Å². The zero-order valence-electron chi connectivity index (χ0n) is 18.8. The molecule has 0 aromatic heterocycles. The van der Waals surface area contributed by atoms with Crippen LogP contribution in [0.15, 0.2) is 53.7 Å². The zero-order valence-corrected chi connectivity index (χ0v) is 18.8. The lowest BCUT2D eigenvalue weighted by molar-refractivity contribution is -0.140. The van der Waals surface area contributed by atoms with Crippen LogP contribution in [0.5, 0.6) is 0 Å². The Hall–Kier alpha value is -2.51. The SMILES string of the molecule is COC(=O)CCC/C=C\C[C@H]1[C@@H](O)C/C(=N/O)[C@@H]1/C=C/C(C)(O)CCc1ccccc1F. The van der Waals surface area contributed by atoms with Gasteiger partial charge in [-0.25, -0.2) is 4.39 Å². The van der Waals surface area contributed by atoms with Crippen molar-refractivity contribution in [3.8, 4) is 0 Å². The predicted octanol–water partition coefficient (Wildman–Crippen LogP) is 4.18. The fourth-order valence-electron chi connectivity index (χ4n) is 3.97. The molecule has 6 nitrogen and oxygen atoms in total. The van der Waals surface area contributed by atoms with Crippen LogP contribution in [0.3, 0.4) is 0 Å². The molecule has 0 bridgehead atoms. The summed E-state index contributed by atoms with van der Waals surface area (Å²) in [6, 6.07) is 6.50. The molecular weight excluding hydrogens is 413 g/mol. The topological polar surface area (TPSA) is 99.4 Å². The van der Waals surface area contributed by atoms with Gasteiger partial charge in [-0.1, -0.05) is 47.7 Å². The average molecular weight is 448 g/mol. The van der Waals surface area contributed by atoms with Crippen LogP contribution in [0.4, 0.5) is 4.39 Å². The minimum absolute atomic E-state index is 0.184. The summed E-state index contributed by atoms with van der Waals surface area (Å²) in [4.78, 5) is 11.1. The van der Waals surface area contributed by atoms with E-state index in [0.717, 1.165) is 6.42 Å². The first-order chi connectivity index (χ1) is 15.3. The van der Waals surface area contributed by atoms with E-state index in [9.17, 15) is 24.6 Å². The summed E-state index contributed by atoms with van der Waals surface area (Å²) in [5.74, 6) is -1.02. The Labute approximate surface area is 189 Å². The highest BCUT2D eigenvalue weighted by atomic mass is 19.1. The summed E-state index contributed by atoms with van der Waals surface area (Å²) in [7, 11) is 1.37. The second-order valence-corrected chi connectivity index (χ2v) is 8.54. The van der Waals surface area contributed by atoms with E-state index in [-0.39, 0.29) is 30.0 Å². The number of aryl methyl sites for hydroxylation is 1. The number of carbonyl (C=O) groups excluding carboxylic acids is 1. The Bertz CT molecular complexity index is 833. The van der Waals surface area contributed by atoms with Crippen molar-refractivity contribution in [3.63, 3.8) is 0 Å². The van der Waals surface area contributed by atoms with Gasteiger partial charge in [-0.3, -0.25) is 4.79 Å². The van der Waals surface area contributed by atoms with Crippen molar-refractivity contribution >= 4 is 11.7 Å². The van der Waals surface area contributed by atoms with Crippen LogP contribution in [-0.2, 0) is 16.0 Å². The normalized spacial score (nSPS) is 24.4. The summed E-state index contributed by atoms with van der Waals surface area (Å²) in [6.45, 7) is 1.65. The fraction of sp³-hybridized carbons (Fsp3) is 0.520. The number of benzene rings is 1. The number of methoxy groups -OCH3 is 1. The number of ether oxygens (including phenoxy) is 1. The summed E-state index contributed by atoms with van der Waals surface area (Å²) in [5, 5.41) is 33.9. The first-order valence-corrected chi connectivity index (χ1v) is 11.0. The van der Waals surface area contributed by atoms with Crippen molar-refractivity contribution < 1.29 is 29.3 Å². The quantitative estimate of drug-likeness (QED) is 0.155. The van der Waals surface area contributed by atoms with E-state index in [4.69, 9.17) is 0 Å². The molecule has 4 atom stereocenters. The molecule has 2 rings (SSSR count). The largest absolute Gasteiger partial charge is 0.469 e. The van der Waals surface area contributed by atoms with Crippen molar-refractivity contribution in [1.29, 1.82) is 0 Å². The number of hydrogen-bond donors (Lipinski definition) is 3. The second-order valence-electron chi connectivity index (χ2n) is 8.54. The maximum absolute atomic E-state index is 13.8. The van der Waals surface area contributed by atoms with Gasteiger partial charge < -0.3 is 20.2 Å². The van der Waals surface area contributed by atoms with Gasteiger partial charge in [0.1, 0.15) is 5.82 Å². The minimum Gasteiger partial charge on any atom is -0.469 e. The molecule has 0 spiro atoms. The van der Waals surface area contributed by atoms with Crippen LogP contribution in [-0.4, -0.2) is 45.9 Å². The van der Waals surface area contributed by atoms with E-state index in [1.807, 2.05) is 12.2 Å². The molecule has 7 heteroatoms. The first-order valence-electron chi connectivity index (χ1n) is 11.0. The van der Waals surface area contributed by atoms with Crippen LogP contribution < -0.4 is 0 Å². The zero-order chi connectivity index (χ0) is 23.6. The Balaban J connectivity index is 1.96. The van der Waals surface area contributed by atoms with Crippen LogP contribution in [0.25, 0.3) is 0 Å². The second kappa shape index (κ2) is 12.5. The van der Waals surface area contributed by atoms with Gasteiger partial charge in [0.2, 0.25) is 0 Å². The molecule has 0 amide bonds. The first kappa shape index (κ1) is 25.7. The summed E-state index contributed by atoms with van der Waals surface area (Å²) < 4.78 is 18.5. The van der Waals surface area contributed by atoms with Crippen molar-refractivity contribution in [2.75, 3.05) is 7.11 Å². The lowest BCUT2D eigenvalue weighted by Crippen LogP contribution is -2.24. The van der Waals surface area contributed by atoms with Crippen molar-refractivity contribution in [2.45, 2.75) is 63.6 Å². The highest BCUT2D eigenvalue weighted by Crippen LogP contribution is 2.35. The smallest absolute Gasteiger partial charge is 0.305 e. The molecule has 1 aliphatic rings. The summed E-state index contributed by atoms with van der Waals surface area (Å²) >= 11 is 0. The standard InChI is InChI=1S/C25H34FNO5/c1-25(30,15-13-18-9-7-8-11-21(18)26)16-14-19-20(23(28)17-22(19)27-31)10-5-3-4-6-12-24(29)32-2/h3,5,7-9,11,14,16,19-20,23,28,30-31H,4,6,10,12-13,15,17H2,1-2H3/b5-3-,16-14+,27-22-/t19-,20-,23+,25?/m1/s1. The Kier molecular flexibility index (Phi) is 10.1. The third-order valence-electron chi connectivity index (χ3n) is 5.96. The van der Waals surface area contributed by atoms with Crippen LogP contribution >= 0.6 is 0 Å². The number of oxime groups is 1. The molecule has 32 heavy (non-hydrogen) atoms. The number of nitrogens with zero attached hydrogens (tertiary/aromatic N) is 1. The monoisotopic (exact) mass is 447 g/mol. The number of carbonyl (C=O) groups is 1. The van der Waals surface area contributed by atoms with E-state index in [1.165, 1.54) is 13.2 Å². The van der Waals surface area contributed by atoms with E-state index in [0.29, 0.717) is 43.4 Å². The van der Waals surface area contributed by atoms with Gasteiger partial charge in [0.05, 0.1) is 24.5 Å². The Morgan fingerprint density at radius 2 is 2.09 bits per heavy atom. The molecule has 3 N–H and O–H groups in total. The molecule has 1 aromatic rings. The molecular formula is C25H34FNO5. The number of unbranched alkanes of at least 4 members (excludes halogenated alkanes) is 1. The number of aliphatic hydroxyl groups is 2. The number of rotatable bonds is 11. The van der Waals surface area contributed by atoms with E-state index in [1.54, 1.807) is 37.3 Å². The number of esters is 1. The van der Waals surface area contributed by atoms with Crippen molar-refractivity contribution in [1.82, 2.24) is 0 Å². The van der Waals surface area contributed by atoms with Gasteiger partial charge >= 0.3 is 5.97 Å². The molecule has 1 saturated carbocycles. The third kappa shape index (κ3) is 7.88. The third-order valence-corrected chi connectivity index (χ3v) is 5.96. The van der Waals surface area contributed by atoms with E-state index in [2.05, 4.69) is 9.89 Å². The predicted molar refractivity (Wildman–Crippen MR) is 121 cm³/mol. The fourth-order valence-corrected chi connectivity index (χ4v) is 3.97. The lowest BCUT2D eigenvalue weighted by atomic mass is 9.88. The number of allylic oxidation sites excluding steroid dienone is 3. The van der Waals surface area contributed by atoms with E-state index >= 15 is 0 Å². The van der Waals surface area contributed by atoms with Crippen LogP contribution in [0.1, 0.15) is 51.0 Å². The van der Waals surface area contributed by atoms with Crippen molar-refractivity contribution in [2.24, 2.45) is 17.0 Å². The molecule has 0 radical (unpaired) electrons. The highest BCUT2D eigenvalue weighted by molar-refractivity contribution is 5.90. The summed E-state index contributed by atoms with van der Waals surface area (Å²) in [6.07, 6.45) is 10.0. The Morgan fingerprint density at radius 3 is 2.78 bits per heavy atom. The lowest BCUT2D eigenvalue weighted by Gasteiger charge is -2.22. The van der Waals surface area contributed by atoms with Gasteiger partial charge in [-0.15, -0.1) is 0 Å². The molecule has 0 saturated heterocycles.